The van der Waals surface area contributed by atoms with Gasteiger partial charge in [-0.1, -0.05) is 31.2 Å². The Morgan fingerprint density at radius 1 is 1.25 bits per heavy atom. The maximum atomic E-state index is 12.1. The van der Waals surface area contributed by atoms with E-state index in [-0.39, 0.29) is 11.4 Å². The van der Waals surface area contributed by atoms with Crippen molar-refractivity contribution in [1.82, 2.24) is 35.2 Å². The van der Waals surface area contributed by atoms with Crippen molar-refractivity contribution in [2.24, 2.45) is 0 Å². The Bertz CT molecular complexity index is 1240. The molecule has 0 atom stereocenters. The third-order valence-electron chi connectivity index (χ3n) is 4.91. The first kappa shape index (κ1) is 21.8. The fraction of sp³-hybridized carbons (Fsp3) is 0.333. The van der Waals surface area contributed by atoms with E-state index in [2.05, 4.69) is 30.6 Å². The van der Waals surface area contributed by atoms with Gasteiger partial charge in [0.15, 0.2) is 5.69 Å². The average Bonchev–Trinajstić information content (AvgIpc) is 3.48. The summed E-state index contributed by atoms with van der Waals surface area (Å²) in [6.45, 7) is 5.38. The zero-order chi connectivity index (χ0) is 22.9. The van der Waals surface area contributed by atoms with Gasteiger partial charge in [-0.15, -0.1) is 21.5 Å². The van der Waals surface area contributed by atoms with Crippen LogP contribution < -0.4 is 0 Å². The van der Waals surface area contributed by atoms with E-state index in [4.69, 9.17) is 0 Å². The van der Waals surface area contributed by atoms with Gasteiger partial charge in [0, 0.05) is 28.6 Å². The molecule has 0 saturated heterocycles. The highest BCUT2D eigenvalue weighted by molar-refractivity contribution is 7.15. The molecule has 0 aliphatic rings. The topological polar surface area (TPSA) is 143 Å². The molecular formula is C21H23N7O3S. The number of hydrogen-bond donors (Lipinski definition) is 3. The highest BCUT2D eigenvalue weighted by Crippen LogP contribution is 2.33. The number of benzene rings is 1. The minimum atomic E-state index is -1.37. The van der Waals surface area contributed by atoms with Gasteiger partial charge in [0.2, 0.25) is 5.82 Å². The first-order valence-electron chi connectivity index (χ1n) is 10.1. The highest BCUT2D eigenvalue weighted by atomic mass is 32.1. The van der Waals surface area contributed by atoms with Crippen LogP contribution in [0.25, 0.3) is 22.0 Å². The number of tetrazole rings is 1. The van der Waals surface area contributed by atoms with Gasteiger partial charge in [0.1, 0.15) is 22.1 Å². The number of imidazole rings is 1. The Kier molecular flexibility index (Phi) is 5.85. The lowest BCUT2D eigenvalue weighted by atomic mass is 10.0. The number of H-pyrrole nitrogens is 1. The molecule has 32 heavy (non-hydrogen) atoms. The molecule has 0 fully saturated rings. The number of nitrogens with zero attached hydrogens (tertiary/aromatic N) is 6. The van der Waals surface area contributed by atoms with Gasteiger partial charge in [-0.3, -0.25) is 0 Å². The molecule has 3 heterocycles. The van der Waals surface area contributed by atoms with Crippen LogP contribution >= 0.6 is 11.3 Å². The van der Waals surface area contributed by atoms with E-state index in [0.29, 0.717) is 24.6 Å². The summed E-state index contributed by atoms with van der Waals surface area (Å²) in [7, 11) is 0. The number of carbonyl (C=O) groups is 1. The molecule has 0 bridgehead atoms. The third-order valence-corrected chi connectivity index (χ3v) is 5.93. The third kappa shape index (κ3) is 4.16. The van der Waals surface area contributed by atoms with Crippen molar-refractivity contribution in [2.75, 3.05) is 0 Å². The number of thiazole rings is 1. The van der Waals surface area contributed by atoms with Crippen LogP contribution in [0.4, 0.5) is 0 Å². The summed E-state index contributed by atoms with van der Waals surface area (Å²) in [5, 5.41) is 35.4. The number of nitrogens with one attached hydrogen (secondary N) is 1. The molecule has 11 heteroatoms. The van der Waals surface area contributed by atoms with E-state index in [1.54, 1.807) is 24.6 Å². The van der Waals surface area contributed by atoms with E-state index in [0.717, 1.165) is 27.4 Å². The molecule has 3 N–H and O–H groups in total. The second-order valence-electron chi connectivity index (χ2n) is 7.84. The van der Waals surface area contributed by atoms with Gasteiger partial charge >= 0.3 is 5.97 Å². The van der Waals surface area contributed by atoms with Crippen molar-refractivity contribution < 1.29 is 15.0 Å². The van der Waals surface area contributed by atoms with Gasteiger partial charge in [-0.25, -0.2) is 14.8 Å². The Morgan fingerprint density at radius 2 is 2.00 bits per heavy atom. The van der Waals surface area contributed by atoms with Crippen molar-refractivity contribution in [2.45, 2.75) is 45.8 Å². The first-order valence-corrected chi connectivity index (χ1v) is 10.9. The number of carboxylic acids is 1. The predicted molar refractivity (Wildman–Crippen MR) is 118 cm³/mol. The molecule has 0 amide bonds. The molecule has 0 unspecified atom stereocenters. The molecule has 166 valence electrons. The number of aliphatic hydroxyl groups is 1. The van der Waals surface area contributed by atoms with Crippen LogP contribution in [0.3, 0.4) is 0 Å². The molecule has 4 rings (SSSR count). The first-order chi connectivity index (χ1) is 15.3. The Morgan fingerprint density at radius 3 is 2.62 bits per heavy atom. The van der Waals surface area contributed by atoms with Crippen molar-refractivity contribution >= 4 is 17.3 Å². The molecule has 0 saturated carbocycles. The minimum Gasteiger partial charge on any atom is -0.477 e. The monoisotopic (exact) mass is 453 g/mol. The van der Waals surface area contributed by atoms with Crippen LogP contribution in [0.5, 0.6) is 0 Å². The fourth-order valence-electron chi connectivity index (χ4n) is 3.53. The van der Waals surface area contributed by atoms with Crippen LogP contribution in [0.2, 0.25) is 0 Å². The zero-order valence-corrected chi connectivity index (χ0v) is 18.7. The predicted octanol–water partition coefficient (Wildman–Crippen LogP) is 3.11. The number of aromatic amines is 1. The lowest BCUT2D eigenvalue weighted by Gasteiger charge is -2.15. The standard InChI is InChI=1S/C21H23N7O3S/c1-4-7-15-23-17(21(2,3)31)16(20(29)30)28(15)11-12-10-22-19(32-12)14-9-6-5-8-13(14)18-24-26-27-25-18/h5-6,8-10,31H,4,7,11H2,1-3H3,(H,29,30)(H,24,25,26,27). The molecule has 0 radical (unpaired) electrons. The normalized spacial score (nSPS) is 11.8. The Hall–Kier alpha value is -3.44. The summed E-state index contributed by atoms with van der Waals surface area (Å²) in [6.07, 6.45) is 3.13. The van der Waals surface area contributed by atoms with Crippen LogP contribution in [-0.4, -0.2) is 51.3 Å². The van der Waals surface area contributed by atoms with E-state index < -0.39 is 11.6 Å². The van der Waals surface area contributed by atoms with Gasteiger partial charge in [-0.05, 0) is 25.5 Å². The average molecular weight is 454 g/mol. The van der Waals surface area contributed by atoms with Gasteiger partial charge in [0.05, 0.1) is 6.54 Å². The van der Waals surface area contributed by atoms with Crippen LogP contribution in [0, 0.1) is 0 Å². The number of aromatic nitrogens is 7. The summed E-state index contributed by atoms with van der Waals surface area (Å²) < 4.78 is 1.67. The number of carboxylic acid groups (broad SMARTS) is 1. The van der Waals surface area contributed by atoms with E-state index in [1.165, 1.54) is 11.3 Å². The quantitative estimate of drug-likeness (QED) is 0.369. The molecule has 0 aliphatic heterocycles. The van der Waals surface area contributed by atoms with E-state index in [1.807, 2.05) is 31.2 Å². The summed E-state index contributed by atoms with van der Waals surface area (Å²) in [5.41, 5.74) is 0.458. The molecule has 0 aliphatic carbocycles. The second kappa shape index (κ2) is 8.60. The number of aryl methyl sites for hydroxylation is 1. The van der Waals surface area contributed by atoms with Gasteiger partial charge in [-0.2, -0.15) is 5.21 Å². The smallest absolute Gasteiger partial charge is 0.354 e. The molecule has 3 aromatic heterocycles. The van der Waals surface area contributed by atoms with Gasteiger partial charge < -0.3 is 14.8 Å². The Balaban J connectivity index is 1.74. The van der Waals surface area contributed by atoms with Crippen molar-refractivity contribution in [3.05, 3.63) is 52.6 Å². The zero-order valence-electron chi connectivity index (χ0n) is 17.9. The van der Waals surface area contributed by atoms with Gasteiger partial charge in [0.25, 0.3) is 0 Å². The maximum Gasteiger partial charge on any atom is 0.354 e. The fourth-order valence-corrected chi connectivity index (χ4v) is 4.47. The summed E-state index contributed by atoms with van der Waals surface area (Å²) in [5.74, 6) is -0.0199. The molecular weight excluding hydrogens is 430 g/mol. The Labute approximate surface area is 188 Å². The largest absolute Gasteiger partial charge is 0.477 e. The van der Waals surface area contributed by atoms with E-state index in [9.17, 15) is 15.0 Å². The summed E-state index contributed by atoms with van der Waals surface area (Å²) in [4.78, 5) is 22.0. The number of hydrogen-bond acceptors (Lipinski definition) is 8. The minimum absolute atomic E-state index is 0.00287. The summed E-state index contributed by atoms with van der Waals surface area (Å²) >= 11 is 1.45. The van der Waals surface area contributed by atoms with Crippen LogP contribution in [-0.2, 0) is 18.6 Å². The van der Waals surface area contributed by atoms with Crippen molar-refractivity contribution in [3.63, 3.8) is 0 Å². The lowest BCUT2D eigenvalue weighted by molar-refractivity contribution is 0.0602. The molecule has 0 spiro atoms. The van der Waals surface area contributed by atoms with Crippen molar-refractivity contribution in [1.29, 1.82) is 0 Å². The lowest BCUT2D eigenvalue weighted by Crippen LogP contribution is -2.22. The number of rotatable bonds is 8. The summed E-state index contributed by atoms with van der Waals surface area (Å²) in [6, 6.07) is 7.63. The maximum absolute atomic E-state index is 12.1. The second-order valence-corrected chi connectivity index (χ2v) is 8.95. The molecule has 4 aromatic rings. The van der Waals surface area contributed by atoms with Crippen molar-refractivity contribution in [3.8, 4) is 22.0 Å². The molecule has 10 nitrogen and oxygen atoms in total. The SMILES string of the molecule is CCCc1nc(C(C)(C)O)c(C(=O)O)n1Cc1cnc(-c2ccccc2-c2nn[nH]n2)s1. The van der Waals surface area contributed by atoms with Crippen LogP contribution in [0.15, 0.2) is 30.5 Å². The van der Waals surface area contributed by atoms with Crippen LogP contribution in [0.1, 0.15) is 54.1 Å². The molecule has 1 aromatic carbocycles. The number of aromatic carboxylic acids is 1. The highest BCUT2D eigenvalue weighted by Gasteiger charge is 2.31. The van der Waals surface area contributed by atoms with E-state index >= 15 is 0 Å².